The van der Waals surface area contributed by atoms with Crippen LogP contribution in [0.15, 0.2) is 73.3 Å². The van der Waals surface area contributed by atoms with Crippen molar-refractivity contribution in [3.63, 3.8) is 0 Å². The zero-order chi connectivity index (χ0) is 22.5. The Morgan fingerprint density at radius 3 is 2.12 bits per heavy atom. The lowest BCUT2D eigenvalue weighted by Gasteiger charge is -2.14. The van der Waals surface area contributed by atoms with Crippen molar-refractivity contribution in [2.45, 2.75) is 12.8 Å². The summed E-state index contributed by atoms with van der Waals surface area (Å²) in [5.41, 5.74) is 2.05. The zero-order valence-corrected chi connectivity index (χ0v) is 17.5. The van der Waals surface area contributed by atoms with E-state index in [0.717, 1.165) is 23.6 Å². The molecule has 162 valence electrons. The summed E-state index contributed by atoms with van der Waals surface area (Å²) in [5.74, 6) is -0.355. The summed E-state index contributed by atoms with van der Waals surface area (Å²) < 4.78 is 0. The number of amides is 4. The van der Waals surface area contributed by atoms with Crippen molar-refractivity contribution >= 4 is 45.7 Å². The minimum absolute atomic E-state index is 0.0288. The minimum Gasteiger partial charge on any atom is -0.334 e. The Labute approximate surface area is 185 Å². The molecule has 0 radical (unpaired) electrons. The van der Waals surface area contributed by atoms with Crippen molar-refractivity contribution < 1.29 is 14.4 Å². The highest BCUT2D eigenvalue weighted by Gasteiger charge is 2.30. The predicted octanol–water partition coefficient (Wildman–Crippen LogP) is 4.75. The summed E-state index contributed by atoms with van der Waals surface area (Å²) in [7, 11) is 0. The van der Waals surface area contributed by atoms with Gasteiger partial charge in [-0.25, -0.2) is 4.79 Å². The van der Waals surface area contributed by atoms with E-state index in [2.05, 4.69) is 27.8 Å². The van der Waals surface area contributed by atoms with E-state index in [1.54, 1.807) is 36.4 Å². The lowest BCUT2D eigenvalue weighted by molar-refractivity contribution is -0.117. The van der Waals surface area contributed by atoms with Crippen LogP contribution in [-0.2, 0) is 4.79 Å². The Morgan fingerprint density at radius 2 is 1.50 bits per heavy atom. The fraction of sp³-hybridized carbons (Fsp3) is 0.160. The lowest BCUT2D eigenvalue weighted by Crippen LogP contribution is -2.28. The average molecular weight is 428 g/mol. The highest BCUT2D eigenvalue weighted by atomic mass is 16.2. The molecule has 4 rings (SSSR count). The van der Waals surface area contributed by atoms with Gasteiger partial charge >= 0.3 is 6.03 Å². The molecule has 7 nitrogen and oxygen atoms in total. The molecule has 4 amide bonds. The van der Waals surface area contributed by atoms with E-state index < -0.39 is 0 Å². The molecule has 1 fully saturated rings. The van der Waals surface area contributed by atoms with Crippen LogP contribution in [0, 0.1) is 5.92 Å². The van der Waals surface area contributed by atoms with Crippen molar-refractivity contribution in [2.24, 2.45) is 5.92 Å². The first kappa shape index (κ1) is 21.1. The second-order valence-corrected chi connectivity index (χ2v) is 7.66. The Kier molecular flexibility index (Phi) is 6.17. The number of carbonyl (C=O) groups is 3. The number of nitrogens with one attached hydrogen (secondary N) is 4. The van der Waals surface area contributed by atoms with Crippen LogP contribution in [0.2, 0.25) is 0 Å². The van der Waals surface area contributed by atoms with E-state index in [0.29, 0.717) is 29.2 Å². The van der Waals surface area contributed by atoms with Crippen LogP contribution in [0.1, 0.15) is 23.2 Å². The molecule has 1 saturated carbocycles. The number of anilines is 3. The van der Waals surface area contributed by atoms with Gasteiger partial charge in [-0.15, -0.1) is 6.58 Å². The largest absolute Gasteiger partial charge is 0.334 e. The van der Waals surface area contributed by atoms with Gasteiger partial charge in [-0.3, -0.25) is 9.59 Å². The van der Waals surface area contributed by atoms with Gasteiger partial charge in [-0.2, -0.15) is 0 Å². The molecule has 0 heterocycles. The van der Waals surface area contributed by atoms with Crippen LogP contribution in [-0.4, -0.2) is 24.4 Å². The summed E-state index contributed by atoms with van der Waals surface area (Å²) in [6.45, 7) is 3.91. The molecule has 0 bridgehead atoms. The Balaban J connectivity index is 1.51. The first-order valence-electron chi connectivity index (χ1n) is 10.4. The third-order valence-electron chi connectivity index (χ3n) is 5.14. The van der Waals surface area contributed by atoms with E-state index >= 15 is 0 Å². The van der Waals surface area contributed by atoms with Gasteiger partial charge in [0.1, 0.15) is 0 Å². The molecule has 0 unspecified atom stereocenters. The molecule has 7 heteroatoms. The first-order chi connectivity index (χ1) is 15.5. The van der Waals surface area contributed by atoms with Crippen molar-refractivity contribution in [3.8, 4) is 0 Å². The number of benzene rings is 3. The SMILES string of the molecule is C=CCNC(=O)Nc1ccc(NC(=O)c2cc3ccccc3cc2NC(=O)C2CC2)cc1. The molecule has 0 atom stereocenters. The molecule has 4 N–H and O–H groups in total. The second kappa shape index (κ2) is 9.34. The number of carbonyl (C=O) groups excluding carboxylic acids is 3. The van der Waals surface area contributed by atoms with E-state index in [4.69, 9.17) is 0 Å². The van der Waals surface area contributed by atoms with Gasteiger partial charge < -0.3 is 21.3 Å². The van der Waals surface area contributed by atoms with E-state index in [1.807, 2.05) is 30.3 Å². The number of hydrogen-bond acceptors (Lipinski definition) is 3. The van der Waals surface area contributed by atoms with E-state index in [9.17, 15) is 14.4 Å². The van der Waals surface area contributed by atoms with Gasteiger partial charge in [-0.05, 0) is 60.0 Å². The highest BCUT2D eigenvalue weighted by molar-refractivity contribution is 6.13. The Hall–Kier alpha value is -4.13. The number of hydrogen-bond donors (Lipinski definition) is 4. The lowest BCUT2D eigenvalue weighted by atomic mass is 10.0. The Bertz CT molecular complexity index is 1180. The maximum absolute atomic E-state index is 13.1. The monoisotopic (exact) mass is 428 g/mol. The van der Waals surface area contributed by atoms with Crippen LogP contribution in [0.4, 0.5) is 21.9 Å². The topological polar surface area (TPSA) is 99.3 Å². The molecule has 32 heavy (non-hydrogen) atoms. The predicted molar refractivity (Wildman–Crippen MR) is 127 cm³/mol. The fourth-order valence-corrected chi connectivity index (χ4v) is 3.29. The molecule has 3 aromatic rings. The minimum atomic E-state index is -0.339. The van der Waals surface area contributed by atoms with E-state index in [-0.39, 0.29) is 23.8 Å². The van der Waals surface area contributed by atoms with Crippen molar-refractivity contribution in [2.75, 3.05) is 22.5 Å². The third-order valence-corrected chi connectivity index (χ3v) is 5.14. The standard InChI is InChI=1S/C25H24N4O3/c1-2-13-26-25(32)28-20-11-9-19(10-12-20)27-24(31)21-14-17-5-3-4-6-18(17)15-22(21)29-23(30)16-7-8-16/h2-6,9-12,14-16H,1,7-8,13H2,(H,27,31)(H,29,30)(H2,26,28,32). The van der Waals surface area contributed by atoms with Gasteiger partial charge in [0.15, 0.2) is 0 Å². The molecule has 0 aliphatic heterocycles. The number of fused-ring (bicyclic) bond motifs is 1. The maximum Gasteiger partial charge on any atom is 0.319 e. The Morgan fingerprint density at radius 1 is 0.875 bits per heavy atom. The molecule has 0 spiro atoms. The number of rotatable bonds is 7. The molecule has 3 aromatic carbocycles. The fourth-order valence-electron chi connectivity index (χ4n) is 3.29. The van der Waals surface area contributed by atoms with Gasteiger partial charge in [0, 0.05) is 23.8 Å². The molecule has 0 aromatic heterocycles. The molecule has 0 saturated heterocycles. The van der Waals surface area contributed by atoms with Crippen LogP contribution >= 0.6 is 0 Å². The van der Waals surface area contributed by atoms with Gasteiger partial charge in [0.05, 0.1) is 11.3 Å². The van der Waals surface area contributed by atoms with Gasteiger partial charge in [0.25, 0.3) is 5.91 Å². The summed E-state index contributed by atoms with van der Waals surface area (Å²) in [5, 5.41) is 13.0. The van der Waals surface area contributed by atoms with Crippen molar-refractivity contribution in [1.29, 1.82) is 0 Å². The summed E-state index contributed by atoms with van der Waals surface area (Å²) in [4.78, 5) is 37.2. The van der Waals surface area contributed by atoms with Crippen LogP contribution in [0.5, 0.6) is 0 Å². The summed E-state index contributed by atoms with van der Waals surface area (Å²) in [6, 6.07) is 17.8. The molecular weight excluding hydrogens is 404 g/mol. The van der Waals surface area contributed by atoms with Crippen LogP contribution in [0.3, 0.4) is 0 Å². The molecule has 1 aliphatic rings. The van der Waals surface area contributed by atoms with E-state index in [1.165, 1.54) is 0 Å². The first-order valence-corrected chi connectivity index (χ1v) is 10.4. The number of urea groups is 1. The maximum atomic E-state index is 13.1. The van der Waals surface area contributed by atoms with Crippen molar-refractivity contribution in [3.05, 3.63) is 78.9 Å². The second-order valence-electron chi connectivity index (χ2n) is 7.66. The van der Waals surface area contributed by atoms with Crippen LogP contribution in [0.25, 0.3) is 10.8 Å². The summed E-state index contributed by atoms with van der Waals surface area (Å²) >= 11 is 0. The zero-order valence-electron chi connectivity index (χ0n) is 17.5. The quantitative estimate of drug-likeness (QED) is 0.409. The normalized spacial score (nSPS) is 12.6. The molecule has 1 aliphatic carbocycles. The summed E-state index contributed by atoms with van der Waals surface area (Å²) in [6.07, 6.45) is 3.35. The smallest absolute Gasteiger partial charge is 0.319 e. The van der Waals surface area contributed by atoms with Gasteiger partial charge in [-0.1, -0.05) is 30.3 Å². The average Bonchev–Trinajstić information content (AvgIpc) is 3.64. The van der Waals surface area contributed by atoms with Gasteiger partial charge in [0.2, 0.25) is 5.91 Å². The van der Waals surface area contributed by atoms with Crippen LogP contribution < -0.4 is 21.3 Å². The third kappa shape index (κ3) is 5.13. The molecular formula is C25H24N4O3. The van der Waals surface area contributed by atoms with Crippen molar-refractivity contribution in [1.82, 2.24) is 5.32 Å². The highest BCUT2D eigenvalue weighted by Crippen LogP contribution is 2.32.